The Morgan fingerprint density at radius 1 is 1.15 bits per heavy atom. The summed E-state index contributed by atoms with van der Waals surface area (Å²) in [5.41, 5.74) is 7.54. The Morgan fingerprint density at radius 2 is 1.85 bits per heavy atom. The Bertz CT molecular complexity index is 826. The first-order valence-electron chi connectivity index (χ1n) is 9.36. The molecule has 27 heavy (non-hydrogen) atoms. The number of aromatic amines is 1. The Hall–Kier alpha value is -2.28. The number of amides is 1. The standard InChI is InChI=1S/C19H24N4O3.ClH/c20-17(24)16-15(12-4-2-1-3-5-12)10-11-23(16)14-8-6-13(7-9-14)18-21-19(25)26-22-18;/h6-9,12,15-16H,1-5,10-11H2,(H2,20,24)(H,21,22,25);1H/t15-,16-;/m0./s1. The van der Waals surface area contributed by atoms with Gasteiger partial charge in [0.2, 0.25) is 5.91 Å². The van der Waals surface area contributed by atoms with Gasteiger partial charge >= 0.3 is 5.76 Å². The molecule has 146 valence electrons. The van der Waals surface area contributed by atoms with Crippen molar-refractivity contribution < 1.29 is 9.32 Å². The van der Waals surface area contributed by atoms with Crippen molar-refractivity contribution in [2.24, 2.45) is 17.6 Å². The summed E-state index contributed by atoms with van der Waals surface area (Å²) in [4.78, 5) is 28.0. The summed E-state index contributed by atoms with van der Waals surface area (Å²) in [5, 5.41) is 3.70. The lowest BCUT2D eigenvalue weighted by Crippen LogP contribution is -2.45. The van der Waals surface area contributed by atoms with Crippen molar-refractivity contribution in [1.82, 2.24) is 10.1 Å². The summed E-state index contributed by atoms with van der Waals surface area (Å²) < 4.78 is 4.55. The predicted octanol–water partition coefficient (Wildman–Crippen LogP) is 2.71. The first-order valence-corrected chi connectivity index (χ1v) is 9.36. The zero-order valence-electron chi connectivity index (χ0n) is 15.1. The van der Waals surface area contributed by atoms with E-state index in [0.717, 1.165) is 24.2 Å². The number of nitrogens with two attached hydrogens (primary N) is 1. The van der Waals surface area contributed by atoms with Gasteiger partial charge in [0.1, 0.15) is 6.04 Å². The van der Waals surface area contributed by atoms with Gasteiger partial charge < -0.3 is 10.6 Å². The van der Waals surface area contributed by atoms with Crippen molar-refractivity contribution in [3.05, 3.63) is 34.8 Å². The number of nitrogens with zero attached hydrogens (tertiary/aromatic N) is 2. The van der Waals surface area contributed by atoms with Crippen molar-refractivity contribution in [2.45, 2.75) is 44.6 Å². The molecular formula is C19H25ClN4O3. The minimum atomic E-state index is -0.576. The normalized spacial score (nSPS) is 23.2. The Labute approximate surface area is 163 Å². The quantitative estimate of drug-likeness (QED) is 0.832. The molecule has 4 rings (SSSR count). The second-order valence-electron chi connectivity index (χ2n) is 7.38. The van der Waals surface area contributed by atoms with Crippen LogP contribution in [-0.2, 0) is 4.79 Å². The molecule has 2 aromatic rings. The van der Waals surface area contributed by atoms with Crippen molar-refractivity contribution in [3.8, 4) is 11.4 Å². The van der Waals surface area contributed by atoms with Gasteiger partial charge in [-0.25, -0.2) is 4.79 Å². The number of benzene rings is 1. The van der Waals surface area contributed by atoms with E-state index in [2.05, 4.69) is 19.6 Å². The molecule has 2 fully saturated rings. The highest BCUT2D eigenvalue weighted by molar-refractivity contribution is 5.85. The first-order chi connectivity index (χ1) is 12.6. The summed E-state index contributed by atoms with van der Waals surface area (Å²) in [6.45, 7) is 0.842. The maximum atomic E-state index is 12.2. The number of carbonyl (C=O) groups is 1. The number of primary amides is 1. The van der Waals surface area contributed by atoms with E-state index in [4.69, 9.17) is 5.73 Å². The number of aromatic nitrogens is 2. The maximum absolute atomic E-state index is 12.2. The van der Waals surface area contributed by atoms with Crippen LogP contribution < -0.4 is 16.4 Å². The predicted molar refractivity (Wildman–Crippen MR) is 105 cm³/mol. The van der Waals surface area contributed by atoms with Crippen LogP contribution in [-0.4, -0.2) is 28.6 Å². The summed E-state index contributed by atoms with van der Waals surface area (Å²) in [7, 11) is 0. The van der Waals surface area contributed by atoms with E-state index in [1.54, 1.807) is 0 Å². The fourth-order valence-electron chi connectivity index (χ4n) is 4.69. The second kappa shape index (κ2) is 8.17. The third-order valence-corrected chi connectivity index (χ3v) is 5.90. The molecule has 1 saturated carbocycles. The van der Waals surface area contributed by atoms with Gasteiger partial charge in [-0.1, -0.05) is 37.3 Å². The average molecular weight is 393 g/mol. The molecule has 1 aliphatic carbocycles. The van der Waals surface area contributed by atoms with Crippen LogP contribution in [0.5, 0.6) is 0 Å². The molecule has 1 aromatic heterocycles. The zero-order chi connectivity index (χ0) is 18.1. The minimum Gasteiger partial charge on any atom is -0.368 e. The summed E-state index contributed by atoms with van der Waals surface area (Å²) in [6, 6.07) is 7.39. The van der Waals surface area contributed by atoms with Crippen molar-refractivity contribution in [2.75, 3.05) is 11.4 Å². The van der Waals surface area contributed by atoms with Gasteiger partial charge in [-0.2, -0.15) is 0 Å². The van der Waals surface area contributed by atoms with E-state index in [9.17, 15) is 9.59 Å². The Kier molecular flexibility index (Phi) is 5.89. The number of H-pyrrole nitrogens is 1. The van der Waals surface area contributed by atoms with Crippen LogP contribution in [0, 0.1) is 11.8 Å². The van der Waals surface area contributed by atoms with Gasteiger partial charge in [-0.3, -0.25) is 14.3 Å². The molecule has 2 aliphatic rings. The molecule has 7 nitrogen and oxygen atoms in total. The number of nitrogens with one attached hydrogen (secondary N) is 1. The number of hydrogen-bond acceptors (Lipinski definition) is 5. The summed E-state index contributed by atoms with van der Waals surface area (Å²) >= 11 is 0. The van der Waals surface area contributed by atoms with E-state index < -0.39 is 5.76 Å². The minimum absolute atomic E-state index is 0. The molecule has 2 heterocycles. The van der Waals surface area contributed by atoms with Gasteiger partial charge in [0.25, 0.3) is 0 Å². The van der Waals surface area contributed by atoms with E-state index in [-0.39, 0.29) is 24.4 Å². The SMILES string of the molecule is Cl.NC(=O)[C@@H]1[C@H](C2CCCCC2)CCN1c1ccc(-c2noc(=O)[nH]2)cc1. The number of anilines is 1. The van der Waals surface area contributed by atoms with Gasteiger partial charge in [0.15, 0.2) is 5.82 Å². The lowest BCUT2D eigenvalue weighted by atomic mass is 9.76. The fraction of sp³-hybridized carbons (Fsp3) is 0.526. The first kappa shape index (κ1) is 19.5. The molecular weight excluding hydrogens is 368 g/mol. The van der Waals surface area contributed by atoms with E-state index >= 15 is 0 Å². The lowest BCUT2D eigenvalue weighted by molar-refractivity contribution is -0.120. The molecule has 0 unspecified atom stereocenters. The van der Waals surface area contributed by atoms with Crippen LogP contribution in [0.25, 0.3) is 11.4 Å². The van der Waals surface area contributed by atoms with E-state index in [1.165, 1.54) is 32.1 Å². The van der Waals surface area contributed by atoms with Gasteiger partial charge in [0, 0.05) is 17.8 Å². The third kappa shape index (κ3) is 3.88. The van der Waals surface area contributed by atoms with Crippen LogP contribution in [0.15, 0.2) is 33.6 Å². The van der Waals surface area contributed by atoms with Crippen LogP contribution in [0.4, 0.5) is 5.69 Å². The molecule has 0 spiro atoms. The van der Waals surface area contributed by atoms with Crippen molar-refractivity contribution in [3.63, 3.8) is 0 Å². The van der Waals surface area contributed by atoms with Gasteiger partial charge in [0.05, 0.1) is 0 Å². The molecule has 3 N–H and O–H groups in total. The highest BCUT2D eigenvalue weighted by Crippen LogP contribution is 2.40. The van der Waals surface area contributed by atoms with Crippen LogP contribution in [0.1, 0.15) is 38.5 Å². The van der Waals surface area contributed by atoms with Crippen LogP contribution in [0.3, 0.4) is 0 Å². The Balaban J connectivity index is 0.00000210. The van der Waals surface area contributed by atoms with Crippen LogP contribution >= 0.6 is 12.4 Å². The van der Waals surface area contributed by atoms with Crippen molar-refractivity contribution >= 4 is 24.0 Å². The molecule has 0 radical (unpaired) electrons. The molecule has 1 saturated heterocycles. The molecule has 1 aromatic carbocycles. The lowest BCUT2D eigenvalue weighted by Gasteiger charge is -2.33. The third-order valence-electron chi connectivity index (χ3n) is 5.90. The number of halogens is 1. The summed E-state index contributed by atoms with van der Waals surface area (Å²) in [6.07, 6.45) is 7.26. The van der Waals surface area contributed by atoms with Gasteiger partial charge in [-0.15, -0.1) is 12.4 Å². The molecule has 1 aliphatic heterocycles. The Morgan fingerprint density at radius 3 is 2.44 bits per heavy atom. The second-order valence-corrected chi connectivity index (χ2v) is 7.38. The molecule has 1 amide bonds. The van der Waals surface area contributed by atoms with Crippen molar-refractivity contribution in [1.29, 1.82) is 0 Å². The van der Waals surface area contributed by atoms with Gasteiger partial charge in [-0.05, 0) is 42.5 Å². The fourth-order valence-corrected chi connectivity index (χ4v) is 4.69. The number of rotatable bonds is 4. The summed E-state index contributed by atoms with van der Waals surface area (Å²) in [5.74, 6) is 0.537. The van der Waals surface area contributed by atoms with Crippen LogP contribution in [0.2, 0.25) is 0 Å². The largest absolute Gasteiger partial charge is 0.439 e. The van der Waals surface area contributed by atoms with E-state index in [1.807, 2.05) is 24.3 Å². The highest BCUT2D eigenvalue weighted by atomic mass is 35.5. The zero-order valence-corrected chi connectivity index (χ0v) is 15.9. The molecule has 8 heteroatoms. The van der Waals surface area contributed by atoms with E-state index in [0.29, 0.717) is 17.7 Å². The number of hydrogen-bond donors (Lipinski definition) is 2. The topological polar surface area (TPSA) is 105 Å². The number of carbonyl (C=O) groups excluding carboxylic acids is 1. The monoisotopic (exact) mass is 392 g/mol. The smallest absolute Gasteiger partial charge is 0.368 e. The average Bonchev–Trinajstić information content (AvgIpc) is 3.29. The highest BCUT2D eigenvalue weighted by Gasteiger charge is 2.42. The molecule has 2 atom stereocenters. The molecule has 0 bridgehead atoms. The maximum Gasteiger partial charge on any atom is 0.439 e.